The van der Waals surface area contributed by atoms with E-state index in [2.05, 4.69) is 90.2 Å². The van der Waals surface area contributed by atoms with E-state index in [-0.39, 0.29) is 5.41 Å². The van der Waals surface area contributed by atoms with Crippen molar-refractivity contribution in [1.29, 1.82) is 0 Å². The fraction of sp³-hybridized carbons (Fsp3) is 0.227. The van der Waals surface area contributed by atoms with Gasteiger partial charge in [-0.3, -0.25) is 0 Å². The number of hydrogen-bond donors (Lipinski definition) is 0. The first-order chi connectivity index (χ1) is 11.8. The van der Waals surface area contributed by atoms with Gasteiger partial charge in [-0.1, -0.05) is 38.1 Å². The third-order valence-corrected chi connectivity index (χ3v) is 6.00. The largest absolute Gasteiger partial charge is 0.226 e. The summed E-state index contributed by atoms with van der Waals surface area (Å²) in [5, 5.41) is 7.02. The molecule has 1 aromatic heterocycles. The summed E-state index contributed by atoms with van der Waals surface area (Å²) in [6.07, 6.45) is 13.7. The number of nitrogens with zero attached hydrogens (tertiary/aromatic N) is 1. The SMILES string of the molecule is CCC1(CC)C=C[n+]2ccc3ccccc3c2C2=C1C=CSC=C2. The van der Waals surface area contributed by atoms with E-state index >= 15 is 0 Å². The maximum atomic E-state index is 2.40. The van der Waals surface area contributed by atoms with Crippen LogP contribution in [0.4, 0.5) is 0 Å². The van der Waals surface area contributed by atoms with Crippen LogP contribution in [0.1, 0.15) is 32.4 Å². The normalized spacial score (nSPS) is 18.2. The molecular formula is C22H22NS+. The van der Waals surface area contributed by atoms with E-state index in [9.17, 15) is 0 Å². The third-order valence-electron chi connectivity index (χ3n) is 5.41. The van der Waals surface area contributed by atoms with E-state index in [1.54, 1.807) is 11.8 Å². The summed E-state index contributed by atoms with van der Waals surface area (Å²) >= 11 is 1.75. The maximum Gasteiger partial charge on any atom is 0.226 e. The zero-order valence-corrected chi connectivity index (χ0v) is 15.0. The number of thioether (sulfide) groups is 1. The number of rotatable bonds is 2. The first-order valence-corrected chi connectivity index (χ1v) is 9.59. The Balaban J connectivity index is 2.14. The lowest BCUT2D eigenvalue weighted by Gasteiger charge is -2.29. The van der Waals surface area contributed by atoms with Crippen LogP contribution < -0.4 is 4.57 Å². The zero-order valence-electron chi connectivity index (χ0n) is 14.2. The quantitative estimate of drug-likeness (QED) is 0.615. The first-order valence-electron chi connectivity index (χ1n) is 8.65. The molecule has 0 radical (unpaired) electrons. The van der Waals surface area contributed by atoms with Crippen LogP contribution in [-0.2, 0) is 0 Å². The third kappa shape index (κ3) is 2.29. The minimum atomic E-state index is 0.0915. The Kier molecular flexibility index (Phi) is 3.93. The molecule has 0 amide bonds. The molecule has 1 aromatic carbocycles. The van der Waals surface area contributed by atoms with E-state index in [1.807, 2.05) is 0 Å². The van der Waals surface area contributed by atoms with Crippen LogP contribution in [0.25, 0.3) is 22.5 Å². The predicted molar refractivity (Wildman–Crippen MR) is 105 cm³/mol. The highest BCUT2D eigenvalue weighted by Crippen LogP contribution is 2.45. The molecule has 0 unspecified atom stereocenters. The molecule has 0 saturated heterocycles. The van der Waals surface area contributed by atoms with Crippen molar-refractivity contribution in [2.45, 2.75) is 26.7 Å². The van der Waals surface area contributed by atoms with E-state index < -0.39 is 0 Å². The average molecular weight is 332 g/mol. The monoisotopic (exact) mass is 332 g/mol. The molecule has 0 saturated carbocycles. The molecule has 2 aromatic rings. The van der Waals surface area contributed by atoms with Crippen LogP contribution in [0, 0.1) is 5.41 Å². The molecule has 0 fully saturated rings. The molecule has 0 spiro atoms. The molecular weight excluding hydrogens is 310 g/mol. The highest BCUT2D eigenvalue weighted by Gasteiger charge is 2.35. The molecule has 1 nitrogen and oxygen atoms in total. The Morgan fingerprint density at radius 2 is 1.79 bits per heavy atom. The molecule has 4 rings (SSSR count). The van der Waals surface area contributed by atoms with Gasteiger partial charge in [0.05, 0.1) is 11.0 Å². The van der Waals surface area contributed by atoms with Crippen molar-refractivity contribution in [1.82, 2.24) is 0 Å². The Morgan fingerprint density at radius 1 is 1.00 bits per heavy atom. The minimum Gasteiger partial charge on any atom is -0.166 e. The van der Waals surface area contributed by atoms with Gasteiger partial charge in [-0.15, -0.1) is 11.8 Å². The Morgan fingerprint density at radius 3 is 2.62 bits per heavy atom. The number of benzene rings is 1. The summed E-state index contributed by atoms with van der Waals surface area (Å²) in [6, 6.07) is 10.9. The maximum absolute atomic E-state index is 2.40. The van der Waals surface area contributed by atoms with Gasteiger partial charge in [0.1, 0.15) is 0 Å². The fourth-order valence-corrected chi connectivity index (χ4v) is 4.42. The smallest absolute Gasteiger partial charge is 0.166 e. The van der Waals surface area contributed by atoms with Gasteiger partial charge in [0.25, 0.3) is 0 Å². The molecule has 3 heterocycles. The number of hydrogen-bond acceptors (Lipinski definition) is 1. The molecule has 2 aliphatic rings. The van der Waals surface area contributed by atoms with Crippen LogP contribution in [0.2, 0.25) is 0 Å². The van der Waals surface area contributed by atoms with Gasteiger partial charge in [0, 0.05) is 11.5 Å². The van der Waals surface area contributed by atoms with Crippen LogP contribution in [0.5, 0.6) is 0 Å². The number of fused-ring (bicyclic) bond motifs is 4. The number of allylic oxidation sites excluding steroid dienone is 5. The summed E-state index contributed by atoms with van der Waals surface area (Å²) < 4.78 is 2.29. The topological polar surface area (TPSA) is 3.88 Å². The van der Waals surface area contributed by atoms with Crippen LogP contribution in [0.15, 0.2) is 71.1 Å². The number of pyridine rings is 1. The van der Waals surface area contributed by atoms with Crippen molar-refractivity contribution in [3.8, 4) is 0 Å². The van der Waals surface area contributed by atoms with Gasteiger partial charge in [-0.2, -0.15) is 4.57 Å². The molecule has 120 valence electrons. The van der Waals surface area contributed by atoms with E-state index in [0.29, 0.717) is 0 Å². The lowest BCUT2D eigenvalue weighted by atomic mass is 9.73. The highest BCUT2D eigenvalue weighted by molar-refractivity contribution is 8.04. The zero-order chi connectivity index (χ0) is 16.6. The molecule has 24 heavy (non-hydrogen) atoms. The van der Waals surface area contributed by atoms with Gasteiger partial charge in [0.15, 0.2) is 12.4 Å². The average Bonchev–Trinajstić information content (AvgIpc) is 2.95. The van der Waals surface area contributed by atoms with Crippen LogP contribution in [0.3, 0.4) is 0 Å². The molecule has 0 bridgehead atoms. The van der Waals surface area contributed by atoms with Crippen LogP contribution >= 0.6 is 11.8 Å². The molecule has 0 atom stereocenters. The molecule has 2 aliphatic heterocycles. The predicted octanol–water partition coefficient (Wildman–Crippen LogP) is 5.95. The van der Waals surface area contributed by atoms with Crippen molar-refractivity contribution in [3.63, 3.8) is 0 Å². The molecule has 2 heteroatoms. The lowest BCUT2D eigenvalue weighted by molar-refractivity contribution is -0.569. The highest BCUT2D eigenvalue weighted by atomic mass is 32.2. The Bertz CT molecular complexity index is 911. The van der Waals surface area contributed by atoms with Crippen molar-refractivity contribution in [3.05, 3.63) is 76.8 Å². The van der Waals surface area contributed by atoms with E-state index in [0.717, 1.165) is 12.8 Å². The van der Waals surface area contributed by atoms with Gasteiger partial charge >= 0.3 is 0 Å². The van der Waals surface area contributed by atoms with Crippen molar-refractivity contribution < 1.29 is 4.57 Å². The fourth-order valence-electron chi connectivity index (χ4n) is 3.90. The minimum absolute atomic E-state index is 0.0915. The summed E-state index contributed by atoms with van der Waals surface area (Å²) in [6.45, 7) is 4.60. The van der Waals surface area contributed by atoms with Gasteiger partial charge in [-0.05, 0) is 52.8 Å². The summed E-state index contributed by atoms with van der Waals surface area (Å²) in [7, 11) is 0. The second-order valence-electron chi connectivity index (χ2n) is 6.41. The summed E-state index contributed by atoms with van der Waals surface area (Å²) in [4.78, 5) is 0. The lowest BCUT2D eigenvalue weighted by Crippen LogP contribution is -2.30. The number of aromatic nitrogens is 1. The van der Waals surface area contributed by atoms with Gasteiger partial charge in [-0.25, -0.2) is 0 Å². The van der Waals surface area contributed by atoms with Crippen LogP contribution in [-0.4, -0.2) is 0 Å². The second-order valence-corrected chi connectivity index (χ2v) is 7.22. The van der Waals surface area contributed by atoms with E-state index in [1.165, 1.54) is 27.6 Å². The summed E-state index contributed by atoms with van der Waals surface area (Å²) in [5.74, 6) is 0. The van der Waals surface area contributed by atoms with Crippen molar-refractivity contribution in [2.75, 3.05) is 0 Å². The molecule has 0 N–H and O–H groups in total. The van der Waals surface area contributed by atoms with Crippen molar-refractivity contribution in [2.24, 2.45) is 5.41 Å². The Labute approximate surface area is 148 Å². The second kappa shape index (κ2) is 6.10. The Hall–Kier alpha value is -2.06. The summed E-state index contributed by atoms with van der Waals surface area (Å²) in [5.41, 5.74) is 4.18. The van der Waals surface area contributed by atoms with Crippen molar-refractivity contribution >= 4 is 34.3 Å². The first kappa shape index (κ1) is 15.5. The standard InChI is InChI=1S/C22H22NS/c1-3-22(4-2)12-14-23-13-9-17-7-5-6-8-18(17)21(23)19-10-15-24-16-11-20(19)22/h5-16H,3-4H2,1-2H3/q+1. The van der Waals surface area contributed by atoms with Gasteiger partial charge < -0.3 is 0 Å². The molecule has 0 aliphatic carbocycles. The van der Waals surface area contributed by atoms with E-state index in [4.69, 9.17) is 0 Å². The van der Waals surface area contributed by atoms with Gasteiger partial charge in [0.2, 0.25) is 5.69 Å².